The summed E-state index contributed by atoms with van der Waals surface area (Å²) in [7, 11) is 0. The Morgan fingerprint density at radius 3 is 2.07 bits per heavy atom. The van der Waals surface area contributed by atoms with Crippen molar-refractivity contribution in [2.45, 2.75) is 110 Å². The van der Waals surface area contributed by atoms with Crippen LogP contribution in [0.4, 0.5) is 0 Å². The number of hydrogen-bond donors (Lipinski definition) is 13. The molecule has 0 spiro atoms. The Hall–Kier alpha value is -1.02. The molecule has 2 saturated heterocycles. The van der Waals surface area contributed by atoms with Crippen molar-refractivity contribution in [1.29, 1.82) is 0 Å². The molecule has 3 fully saturated rings. The average molecular weight is 669 g/mol. The standard InChI is InChI=1S/C27H52N6O13/c28-8-15-19(38)20(39)17(31)26(42-15)45-23-16(10-36)43-27(21(23)40)46-24-18(37)14(33-4-6-35)7-13(30)22(24)44-25-12(29)2-1-11(41-25)9-32-3-5-34/h1-2,11-27,32-40H,3-10,28-31H2/t11-,12+,13-,14+,15-,16+,17+,18-,19+,20+,21+,22+,23+,24+,25+,26+,27-/m0/s1. The number of rotatable bonds is 15. The number of aliphatic hydroxyl groups excluding tert-OH is 7. The zero-order valence-corrected chi connectivity index (χ0v) is 25.5. The van der Waals surface area contributed by atoms with Gasteiger partial charge >= 0.3 is 0 Å². The molecule has 0 radical (unpaired) electrons. The van der Waals surface area contributed by atoms with Gasteiger partial charge in [0.25, 0.3) is 0 Å². The van der Waals surface area contributed by atoms with Crippen LogP contribution in [0.1, 0.15) is 6.42 Å². The lowest BCUT2D eigenvalue weighted by molar-refractivity contribution is -0.284. The predicted molar refractivity (Wildman–Crippen MR) is 157 cm³/mol. The fourth-order valence-electron chi connectivity index (χ4n) is 6.10. The molecule has 4 rings (SSSR count). The fourth-order valence-corrected chi connectivity index (χ4v) is 6.10. The van der Waals surface area contributed by atoms with Crippen LogP contribution in [-0.4, -0.2) is 186 Å². The summed E-state index contributed by atoms with van der Waals surface area (Å²) in [5.41, 5.74) is 24.5. The highest BCUT2D eigenvalue weighted by Crippen LogP contribution is 2.34. The van der Waals surface area contributed by atoms with E-state index in [1.54, 1.807) is 12.2 Å². The molecule has 19 heteroatoms. The maximum absolute atomic E-state index is 11.4. The Labute approximate surface area is 266 Å². The highest BCUT2D eigenvalue weighted by atomic mass is 16.8. The van der Waals surface area contributed by atoms with Gasteiger partial charge in [-0.2, -0.15) is 0 Å². The summed E-state index contributed by atoms with van der Waals surface area (Å²) in [5.74, 6) is 0. The normalized spacial score (nSPS) is 46.5. The van der Waals surface area contributed by atoms with E-state index >= 15 is 0 Å². The quantitative estimate of drug-likeness (QED) is 0.0569. The summed E-state index contributed by atoms with van der Waals surface area (Å²) in [5, 5.41) is 77.8. The summed E-state index contributed by atoms with van der Waals surface area (Å²) in [6.45, 7) is -0.122. The van der Waals surface area contributed by atoms with Crippen molar-refractivity contribution in [3.8, 4) is 0 Å². The molecule has 268 valence electrons. The molecule has 0 aromatic carbocycles. The van der Waals surface area contributed by atoms with E-state index < -0.39 is 111 Å². The number of nitrogens with two attached hydrogens (primary N) is 4. The third-order valence-corrected chi connectivity index (χ3v) is 8.67. The van der Waals surface area contributed by atoms with Crippen molar-refractivity contribution in [3.63, 3.8) is 0 Å². The highest BCUT2D eigenvalue weighted by molar-refractivity contribution is 5.06. The molecule has 0 unspecified atom stereocenters. The van der Waals surface area contributed by atoms with Crippen LogP contribution in [0.25, 0.3) is 0 Å². The lowest BCUT2D eigenvalue weighted by Crippen LogP contribution is -2.66. The first-order chi connectivity index (χ1) is 22.0. The molecule has 1 saturated carbocycles. The van der Waals surface area contributed by atoms with E-state index in [-0.39, 0.29) is 32.7 Å². The molecule has 19 nitrogen and oxygen atoms in total. The van der Waals surface area contributed by atoms with Crippen molar-refractivity contribution in [2.24, 2.45) is 22.9 Å². The van der Waals surface area contributed by atoms with Crippen molar-refractivity contribution in [2.75, 3.05) is 46.0 Å². The molecule has 17 atom stereocenters. The minimum absolute atomic E-state index is 0.0485. The molecule has 3 aliphatic heterocycles. The molecule has 1 aliphatic carbocycles. The summed E-state index contributed by atoms with van der Waals surface area (Å²) in [4.78, 5) is 0. The van der Waals surface area contributed by atoms with Gasteiger partial charge in [0, 0.05) is 38.3 Å². The van der Waals surface area contributed by atoms with Gasteiger partial charge in [-0.3, -0.25) is 0 Å². The van der Waals surface area contributed by atoms with Gasteiger partial charge in [0.05, 0.1) is 44.1 Å². The topological polar surface area (TPSA) is 325 Å². The predicted octanol–water partition coefficient (Wildman–Crippen LogP) is -7.81. The van der Waals surface area contributed by atoms with Crippen molar-refractivity contribution in [1.82, 2.24) is 10.6 Å². The average Bonchev–Trinajstić information content (AvgIpc) is 3.34. The minimum Gasteiger partial charge on any atom is -0.395 e. The summed E-state index contributed by atoms with van der Waals surface area (Å²) in [6.07, 6.45) is -11.9. The van der Waals surface area contributed by atoms with Gasteiger partial charge in [-0.15, -0.1) is 0 Å². The Balaban J connectivity index is 1.50. The molecule has 46 heavy (non-hydrogen) atoms. The summed E-state index contributed by atoms with van der Waals surface area (Å²) < 4.78 is 35.7. The molecule has 3 heterocycles. The van der Waals surface area contributed by atoms with Crippen LogP contribution in [0.5, 0.6) is 0 Å². The molecule has 17 N–H and O–H groups in total. The third-order valence-electron chi connectivity index (χ3n) is 8.67. The largest absolute Gasteiger partial charge is 0.395 e. The summed E-state index contributed by atoms with van der Waals surface area (Å²) in [6, 6.07) is -3.31. The second-order valence-corrected chi connectivity index (χ2v) is 12.0. The molecule has 0 aromatic rings. The molecular weight excluding hydrogens is 616 g/mol. The fraction of sp³-hybridized carbons (Fsp3) is 0.926. The SMILES string of the molecule is NC[C@@H]1O[C@H](O[C@H]2[C@@H](O)[C@H](O[C@@H]3[C@@H](O)[C@H](NCCO)C[C@H](N)[C@H]3O[C@H]3O[C@H](CNCCO)C=C[C@H]3N)O[C@@H]2CO)[C@H](N)[C@@H](O)[C@@H]1O. The molecule has 0 aromatic heterocycles. The van der Waals surface area contributed by atoms with Gasteiger partial charge in [-0.05, 0) is 6.42 Å². The molecule has 0 amide bonds. The van der Waals surface area contributed by atoms with Crippen molar-refractivity contribution < 1.29 is 64.2 Å². The van der Waals surface area contributed by atoms with Crippen LogP contribution >= 0.6 is 0 Å². The Kier molecular flexibility index (Phi) is 14.4. The van der Waals surface area contributed by atoms with E-state index in [0.717, 1.165) is 0 Å². The zero-order chi connectivity index (χ0) is 33.5. The number of ether oxygens (including phenoxy) is 6. The van der Waals surface area contributed by atoms with Gasteiger partial charge in [0.15, 0.2) is 18.9 Å². The smallest absolute Gasteiger partial charge is 0.187 e. The van der Waals surface area contributed by atoms with Crippen molar-refractivity contribution in [3.05, 3.63) is 12.2 Å². The van der Waals surface area contributed by atoms with E-state index in [1.165, 1.54) is 0 Å². The third kappa shape index (κ3) is 8.76. The Morgan fingerprint density at radius 1 is 0.717 bits per heavy atom. The van der Waals surface area contributed by atoms with Gasteiger partial charge in [0.2, 0.25) is 0 Å². The molecule has 4 aliphatic rings. The number of nitrogens with one attached hydrogen (secondary N) is 2. The van der Waals surface area contributed by atoms with E-state index in [4.69, 9.17) is 56.5 Å². The van der Waals surface area contributed by atoms with E-state index in [2.05, 4.69) is 10.6 Å². The van der Waals surface area contributed by atoms with Gasteiger partial charge in [-0.1, -0.05) is 12.2 Å². The molecule has 0 bridgehead atoms. The lowest BCUT2D eigenvalue weighted by Gasteiger charge is -2.46. The van der Waals surface area contributed by atoms with Crippen LogP contribution < -0.4 is 33.6 Å². The van der Waals surface area contributed by atoms with E-state index in [1.807, 2.05) is 0 Å². The van der Waals surface area contributed by atoms with Crippen LogP contribution in [0.15, 0.2) is 12.2 Å². The second kappa shape index (κ2) is 17.6. The maximum atomic E-state index is 11.4. The first-order valence-corrected chi connectivity index (χ1v) is 15.6. The van der Waals surface area contributed by atoms with Crippen LogP contribution in [0.3, 0.4) is 0 Å². The van der Waals surface area contributed by atoms with E-state index in [0.29, 0.717) is 13.1 Å². The lowest BCUT2D eigenvalue weighted by atomic mass is 9.83. The summed E-state index contributed by atoms with van der Waals surface area (Å²) >= 11 is 0. The maximum Gasteiger partial charge on any atom is 0.187 e. The zero-order valence-electron chi connectivity index (χ0n) is 25.5. The number of hydrogen-bond acceptors (Lipinski definition) is 19. The van der Waals surface area contributed by atoms with Gasteiger partial charge < -0.3 is 97.7 Å². The van der Waals surface area contributed by atoms with Gasteiger partial charge in [0.1, 0.15) is 48.8 Å². The van der Waals surface area contributed by atoms with Crippen LogP contribution in [-0.2, 0) is 28.4 Å². The van der Waals surface area contributed by atoms with Crippen molar-refractivity contribution >= 4 is 0 Å². The van der Waals surface area contributed by atoms with E-state index in [9.17, 15) is 30.6 Å². The first kappa shape index (κ1) is 37.8. The second-order valence-electron chi connectivity index (χ2n) is 12.0. The Morgan fingerprint density at radius 2 is 1.39 bits per heavy atom. The first-order valence-electron chi connectivity index (χ1n) is 15.6. The Bertz CT molecular complexity index is 945. The highest BCUT2D eigenvalue weighted by Gasteiger charge is 2.53. The van der Waals surface area contributed by atoms with Crippen LogP contribution in [0, 0.1) is 0 Å². The van der Waals surface area contributed by atoms with Gasteiger partial charge in [-0.25, -0.2) is 0 Å². The van der Waals surface area contributed by atoms with Crippen LogP contribution in [0.2, 0.25) is 0 Å². The monoisotopic (exact) mass is 668 g/mol. The minimum atomic E-state index is -1.57. The molecular formula is C27H52N6O13. The number of aliphatic hydroxyl groups is 7.